The molecule has 1 unspecified atom stereocenters. The number of carbonyl (C=O) groups is 1. The lowest BCUT2D eigenvalue weighted by molar-refractivity contribution is 0.0289. The normalized spacial score (nSPS) is 12.1. The largest absolute Gasteiger partial charge is 0.457 e. The zero-order valence-corrected chi connectivity index (χ0v) is 11.2. The minimum Gasteiger partial charge on any atom is -0.457 e. The van der Waals surface area contributed by atoms with Crippen LogP contribution in [-0.2, 0) is 4.74 Å². The van der Waals surface area contributed by atoms with Gasteiger partial charge in [0, 0.05) is 6.54 Å². The van der Waals surface area contributed by atoms with Crippen LogP contribution in [0.15, 0.2) is 30.3 Å². The van der Waals surface area contributed by atoms with E-state index in [1.807, 2.05) is 18.2 Å². The van der Waals surface area contributed by atoms with Gasteiger partial charge in [0.25, 0.3) is 0 Å². The SMILES string of the molecule is NCCCNCC(CCN)OC(=O)c1ccccc1. The van der Waals surface area contributed by atoms with Crippen LogP contribution in [0.2, 0.25) is 0 Å². The third kappa shape index (κ3) is 6.33. The summed E-state index contributed by atoms with van der Waals surface area (Å²) in [6.45, 7) is 2.57. The Balaban J connectivity index is 2.41. The van der Waals surface area contributed by atoms with Gasteiger partial charge in [-0.05, 0) is 44.6 Å². The number of esters is 1. The monoisotopic (exact) mass is 265 g/mol. The molecule has 0 aliphatic carbocycles. The zero-order chi connectivity index (χ0) is 13.9. The molecule has 5 N–H and O–H groups in total. The Bertz CT molecular complexity index is 357. The molecule has 0 fully saturated rings. The van der Waals surface area contributed by atoms with Gasteiger partial charge < -0.3 is 21.5 Å². The molecule has 0 heterocycles. The third-order valence-electron chi connectivity index (χ3n) is 2.70. The summed E-state index contributed by atoms with van der Waals surface area (Å²) in [4.78, 5) is 11.9. The van der Waals surface area contributed by atoms with Gasteiger partial charge in [-0.1, -0.05) is 18.2 Å². The Morgan fingerprint density at radius 1 is 1.21 bits per heavy atom. The van der Waals surface area contributed by atoms with E-state index >= 15 is 0 Å². The lowest BCUT2D eigenvalue weighted by Crippen LogP contribution is -2.33. The van der Waals surface area contributed by atoms with Gasteiger partial charge in [0.1, 0.15) is 6.10 Å². The Labute approximate surface area is 114 Å². The highest BCUT2D eigenvalue weighted by Crippen LogP contribution is 2.05. The highest BCUT2D eigenvalue weighted by atomic mass is 16.5. The number of nitrogens with one attached hydrogen (secondary N) is 1. The molecule has 0 spiro atoms. The summed E-state index contributed by atoms with van der Waals surface area (Å²) in [5.41, 5.74) is 11.5. The van der Waals surface area contributed by atoms with Crippen molar-refractivity contribution in [3.05, 3.63) is 35.9 Å². The molecular formula is C14H23N3O2. The van der Waals surface area contributed by atoms with E-state index in [9.17, 15) is 4.79 Å². The number of hydrogen-bond acceptors (Lipinski definition) is 5. The summed E-state index contributed by atoms with van der Waals surface area (Å²) in [7, 11) is 0. The van der Waals surface area contributed by atoms with E-state index in [-0.39, 0.29) is 12.1 Å². The van der Waals surface area contributed by atoms with E-state index in [0.29, 0.717) is 31.6 Å². The summed E-state index contributed by atoms with van der Waals surface area (Å²) in [5, 5.41) is 3.22. The Kier molecular flexibility index (Phi) is 7.81. The summed E-state index contributed by atoms with van der Waals surface area (Å²) >= 11 is 0. The molecule has 0 amide bonds. The number of benzene rings is 1. The van der Waals surface area contributed by atoms with E-state index in [1.54, 1.807) is 12.1 Å². The minimum absolute atomic E-state index is 0.199. The van der Waals surface area contributed by atoms with Gasteiger partial charge in [-0.15, -0.1) is 0 Å². The number of rotatable bonds is 9. The van der Waals surface area contributed by atoms with E-state index in [4.69, 9.17) is 16.2 Å². The van der Waals surface area contributed by atoms with Crippen molar-refractivity contribution in [2.45, 2.75) is 18.9 Å². The Hall–Kier alpha value is -1.43. The van der Waals surface area contributed by atoms with Crippen LogP contribution >= 0.6 is 0 Å². The number of hydrogen-bond donors (Lipinski definition) is 3. The van der Waals surface area contributed by atoms with E-state index < -0.39 is 0 Å². The second-order valence-corrected chi connectivity index (χ2v) is 4.32. The maximum absolute atomic E-state index is 11.9. The van der Waals surface area contributed by atoms with Crippen LogP contribution in [0.25, 0.3) is 0 Å². The van der Waals surface area contributed by atoms with E-state index in [2.05, 4.69) is 5.32 Å². The predicted octanol–water partition coefficient (Wildman–Crippen LogP) is 0.499. The topological polar surface area (TPSA) is 90.4 Å². The Morgan fingerprint density at radius 3 is 2.58 bits per heavy atom. The predicted molar refractivity (Wildman–Crippen MR) is 75.9 cm³/mol. The van der Waals surface area contributed by atoms with Gasteiger partial charge in [0.05, 0.1) is 5.56 Å². The van der Waals surface area contributed by atoms with Crippen molar-refractivity contribution in [3.8, 4) is 0 Å². The van der Waals surface area contributed by atoms with Crippen molar-refractivity contribution in [3.63, 3.8) is 0 Å². The Morgan fingerprint density at radius 2 is 1.95 bits per heavy atom. The fourth-order valence-electron chi connectivity index (χ4n) is 1.67. The summed E-state index contributed by atoms with van der Waals surface area (Å²) in [6.07, 6.45) is 1.35. The van der Waals surface area contributed by atoms with Crippen LogP contribution in [0.3, 0.4) is 0 Å². The highest BCUT2D eigenvalue weighted by Gasteiger charge is 2.14. The fourth-order valence-corrected chi connectivity index (χ4v) is 1.67. The number of nitrogens with two attached hydrogens (primary N) is 2. The molecule has 0 aliphatic rings. The quantitative estimate of drug-likeness (QED) is 0.447. The van der Waals surface area contributed by atoms with Crippen LogP contribution in [0.1, 0.15) is 23.2 Å². The van der Waals surface area contributed by atoms with Crippen molar-refractivity contribution in [1.82, 2.24) is 5.32 Å². The second kappa shape index (κ2) is 9.49. The van der Waals surface area contributed by atoms with Crippen molar-refractivity contribution in [1.29, 1.82) is 0 Å². The molecule has 0 aliphatic heterocycles. The molecule has 19 heavy (non-hydrogen) atoms. The van der Waals surface area contributed by atoms with Crippen molar-refractivity contribution >= 4 is 5.97 Å². The zero-order valence-electron chi connectivity index (χ0n) is 11.2. The summed E-state index contributed by atoms with van der Waals surface area (Å²) < 4.78 is 5.44. The lowest BCUT2D eigenvalue weighted by atomic mass is 10.2. The first-order valence-corrected chi connectivity index (χ1v) is 6.64. The van der Waals surface area contributed by atoms with Gasteiger partial charge in [0.2, 0.25) is 0 Å². The van der Waals surface area contributed by atoms with Crippen molar-refractivity contribution in [2.24, 2.45) is 11.5 Å². The maximum atomic E-state index is 11.9. The van der Waals surface area contributed by atoms with Gasteiger partial charge in [-0.3, -0.25) is 0 Å². The fraction of sp³-hybridized carbons (Fsp3) is 0.500. The molecule has 0 aromatic heterocycles. The molecule has 1 aromatic rings. The molecule has 0 saturated carbocycles. The molecule has 0 radical (unpaired) electrons. The van der Waals surface area contributed by atoms with Gasteiger partial charge in [-0.25, -0.2) is 4.79 Å². The van der Waals surface area contributed by atoms with Crippen LogP contribution in [0.5, 0.6) is 0 Å². The van der Waals surface area contributed by atoms with Gasteiger partial charge in [-0.2, -0.15) is 0 Å². The second-order valence-electron chi connectivity index (χ2n) is 4.32. The average molecular weight is 265 g/mol. The van der Waals surface area contributed by atoms with Crippen LogP contribution < -0.4 is 16.8 Å². The van der Waals surface area contributed by atoms with Crippen LogP contribution in [0.4, 0.5) is 0 Å². The van der Waals surface area contributed by atoms with Gasteiger partial charge in [0.15, 0.2) is 0 Å². The molecule has 5 nitrogen and oxygen atoms in total. The number of ether oxygens (including phenoxy) is 1. The molecule has 0 bridgehead atoms. The maximum Gasteiger partial charge on any atom is 0.338 e. The molecule has 0 saturated heterocycles. The van der Waals surface area contributed by atoms with Crippen LogP contribution in [-0.4, -0.2) is 38.3 Å². The molecule has 1 aromatic carbocycles. The third-order valence-corrected chi connectivity index (χ3v) is 2.70. The molecule has 1 atom stereocenters. The molecule has 5 heteroatoms. The first-order valence-electron chi connectivity index (χ1n) is 6.64. The highest BCUT2D eigenvalue weighted by molar-refractivity contribution is 5.89. The average Bonchev–Trinajstić information content (AvgIpc) is 2.44. The first-order chi connectivity index (χ1) is 9.27. The molecular weight excluding hydrogens is 242 g/mol. The first kappa shape index (κ1) is 15.6. The van der Waals surface area contributed by atoms with Crippen molar-refractivity contribution < 1.29 is 9.53 Å². The van der Waals surface area contributed by atoms with E-state index in [0.717, 1.165) is 13.0 Å². The summed E-state index contributed by atoms with van der Waals surface area (Å²) in [6, 6.07) is 8.97. The van der Waals surface area contributed by atoms with Crippen molar-refractivity contribution in [2.75, 3.05) is 26.2 Å². The van der Waals surface area contributed by atoms with Gasteiger partial charge >= 0.3 is 5.97 Å². The lowest BCUT2D eigenvalue weighted by Gasteiger charge is -2.18. The number of carbonyl (C=O) groups excluding carboxylic acids is 1. The molecule has 1 rings (SSSR count). The standard InChI is InChI=1S/C14H23N3O2/c15-8-4-10-17-11-13(7-9-16)19-14(18)12-5-2-1-3-6-12/h1-3,5-6,13,17H,4,7-11,15-16H2. The van der Waals surface area contributed by atoms with E-state index in [1.165, 1.54) is 0 Å². The minimum atomic E-state index is -0.306. The smallest absolute Gasteiger partial charge is 0.338 e. The summed E-state index contributed by atoms with van der Waals surface area (Å²) in [5.74, 6) is -0.306. The molecule has 106 valence electrons. The van der Waals surface area contributed by atoms with Crippen LogP contribution in [0, 0.1) is 0 Å².